The maximum Gasteiger partial charge on any atom is 0.413 e. The summed E-state index contributed by atoms with van der Waals surface area (Å²) >= 11 is 1.26. The maximum atomic E-state index is 11.7. The van der Waals surface area contributed by atoms with E-state index in [1.165, 1.54) is 16.2 Å². The number of nitrogen functional groups attached to an aromatic ring is 1. The number of anilines is 3. The van der Waals surface area contributed by atoms with Gasteiger partial charge >= 0.3 is 12.2 Å². The first-order valence-electron chi connectivity index (χ1n) is 7.94. The quantitative estimate of drug-likeness (QED) is 0.681. The van der Waals surface area contributed by atoms with E-state index in [1.807, 2.05) is 0 Å². The number of carbonyl (C=O) groups is 2. The number of nitrogens with zero attached hydrogens (tertiary/aromatic N) is 2. The summed E-state index contributed by atoms with van der Waals surface area (Å²) in [4.78, 5) is 28.7. The summed E-state index contributed by atoms with van der Waals surface area (Å²) < 4.78 is 5.17. The van der Waals surface area contributed by atoms with Crippen molar-refractivity contribution < 1.29 is 19.4 Å². The Morgan fingerprint density at radius 1 is 1.31 bits per heavy atom. The minimum absolute atomic E-state index is 0.231. The molecule has 0 aliphatic heterocycles. The molecule has 0 spiro atoms. The number of thiazole rings is 1. The molecule has 0 aliphatic carbocycles. The molecular weight excluding hydrogens is 356 g/mol. The summed E-state index contributed by atoms with van der Waals surface area (Å²) in [6.07, 6.45) is -1.23. The van der Waals surface area contributed by atoms with Crippen molar-refractivity contribution in [3.8, 4) is 0 Å². The van der Waals surface area contributed by atoms with Gasteiger partial charge in [0.1, 0.15) is 5.60 Å². The van der Waals surface area contributed by atoms with Gasteiger partial charge in [0.05, 0.1) is 5.69 Å². The smallest absolute Gasteiger partial charge is 0.413 e. The zero-order valence-corrected chi connectivity index (χ0v) is 15.7. The van der Waals surface area contributed by atoms with Crippen LogP contribution in [0.15, 0.2) is 29.6 Å². The topological polar surface area (TPSA) is 118 Å². The van der Waals surface area contributed by atoms with E-state index in [2.05, 4.69) is 10.3 Å². The lowest BCUT2D eigenvalue weighted by atomic mass is 10.2. The molecule has 8 nitrogen and oxygen atoms in total. The first-order valence-corrected chi connectivity index (χ1v) is 8.82. The molecular formula is C17H22N4O4S. The second-order valence-corrected chi connectivity index (χ2v) is 7.40. The zero-order valence-electron chi connectivity index (χ0n) is 14.9. The number of nitrogens with two attached hydrogens (primary N) is 1. The van der Waals surface area contributed by atoms with Crippen molar-refractivity contribution in [3.05, 3.63) is 35.3 Å². The summed E-state index contributed by atoms with van der Waals surface area (Å²) in [6.45, 7) is 5.56. The number of aromatic nitrogens is 1. The van der Waals surface area contributed by atoms with Crippen LogP contribution in [0, 0.1) is 0 Å². The fourth-order valence-electron chi connectivity index (χ4n) is 2.09. The van der Waals surface area contributed by atoms with Gasteiger partial charge < -0.3 is 15.6 Å². The Labute approximate surface area is 155 Å². The monoisotopic (exact) mass is 378 g/mol. The van der Waals surface area contributed by atoms with Gasteiger partial charge in [0.15, 0.2) is 5.13 Å². The highest BCUT2D eigenvalue weighted by Gasteiger charge is 2.18. The van der Waals surface area contributed by atoms with E-state index in [4.69, 9.17) is 10.5 Å². The molecule has 26 heavy (non-hydrogen) atoms. The van der Waals surface area contributed by atoms with Crippen LogP contribution < -0.4 is 16.0 Å². The largest absolute Gasteiger partial charge is 0.465 e. The Balaban J connectivity index is 1.96. The van der Waals surface area contributed by atoms with Crippen molar-refractivity contribution in [2.45, 2.75) is 32.8 Å². The van der Waals surface area contributed by atoms with Crippen molar-refractivity contribution in [2.24, 2.45) is 0 Å². The standard InChI is InChI=1S/C17H22N4O4S/c1-17(2,3)25-15(22)20-14-19-12(10-26-14)8-9-21(16(23)24)13-6-4-11(18)5-7-13/h4-7,10H,8-9,18H2,1-3H3,(H,23,24)(H,19,20,22). The fourth-order valence-corrected chi connectivity index (χ4v) is 2.82. The average molecular weight is 378 g/mol. The third-order valence-electron chi connectivity index (χ3n) is 3.19. The number of hydrogen-bond donors (Lipinski definition) is 3. The van der Waals surface area contributed by atoms with Crippen LogP contribution in [0.4, 0.5) is 26.1 Å². The normalized spacial score (nSPS) is 11.0. The van der Waals surface area contributed by atoms with Crippen LogP contribution in [0.3, 0.4) is 0 Å². The molecule has 140 valence electrons. The fraction of sp³-hybridized carbons (Fsp3) is 0.353. The molecule has 9 heteroatoms. The summed E-state index contributed by atoms with van der Waals surface area (Å²) in [6, 6.07) is 6.61. The number of rotatable bonds is 5. The predicted molar refractivity (Wildman–Crippen MR) is 102 cm³/mol. The highest BCUT2D eigenvalue weighted by molar-refractivity contribution is 7.13. The van der Waals surface area contributed by atoms with Gasteiger partial charge in [0.2, 0.25) is 0 Å². The Morgan fingerprint density at radius 2 is 1.96 bits per heavy atom. The second kappa shape index (κ2) is 8.05. The Kier molecular flexibility index (Phi) is 6.04. The number of benzene rings is 1. The molecule has 0 aliphatic rings. The first kappa shape index (κ1) is 19.5. The van der Waals surface area contributed by atoms with Gasteiger partial charge in [-0.05, 0) is 45.0 Å². The SMILES string of the molecule is CC(C)(C)OC(=O)Nc1nc(CCN(C(=O)O)c2ccc(N)cc2)cs1. The third kappa shape index (κ3) is 5.92. The Bertz CT molecular complexity index is 768. The number of carbonyl (C=O) groups excluding carboxylic acids is 1. The van der Waals surface area contributed by atoms with Gasteiger partial charge in [-0.1, -0.05) is 0 Å². The molecule has 0 radical (unpaired) electrons. The van der Waals surface area contributed by atoms with Crippen LogP contribution in [-0.4, -0.2) is 34.4 Å². The molecule has 1 heterocycles. The maximum absolute atomic E-state index is 11.7. The molecule has 0 bridgehead atoms. The van der Waals surface area contributed by atoms with Gasteiger partial charge in [-0.15, -0.1) is 11.3 Å². The van der Waals surface area contributed by atoms with Crippen molar-refractivity contribution in [3.63, 3.8) is 0 Å². The van der Waals surface area contributed by atoms with Crippen molar-refractivity contribution in [1.29, 1.82) is 0 Å². The zero-order chi connectivity index (χ0) is 19.3. The van der Waals surface area contributed by atoms with Gasteiger partial charge in [-0.3, -0.25) is 10.2 Å². The number of nitrogens with one attached hydrogen (secondary N) is 1. The van der Waals surface area contributed by atoms with Gasteiger partial charge in [0, 0.05) is 29.7 Å². The van der Waals surface area contributed by atoms with Crippen LogP contribution in [0.1, 0.15) is 26.5 Å². The summed E-state index contributed by atoms with van der Waals surface area (Å²) in [5.74, 6) is 0. The molecule has 2 aromatic rings. The van der Waals surface area contributed by atoms with Crippen molar-refractivity contribution >= 4 is 40.0 Å². The lowest BCUT2D eigenvalue weighted by Gasteiger charge is -2.19. The summed E-state index contributed by atoms with van der Waals surface area (Å²) in [7, 11) is 0. The molecule has 4 N–H and O–H groups in total. The van der Waals surface area contributed by atoms with E-state index in [-0.39, 0.29) is 6.54 Å². The molecule has 0 saturated carbocycles. The lowest BCUT2D eigenvalue weighted by molar-refractivity contribution is 0.0636. The van der Waals surface area contributed by atoms with E-state index >= 15 is 0 Å². The number of carboxylic acid groups (broad SMARTS) is 1. The number of amides is 2. The van der Waals surface area contributed by atoms with Crippen LogP contribution >= 0.6 is 11.3 Å². The van der Waals surface area contributed by atoms with Crippen LogP contribution in [0.25, 0.3) is 0 Å². The average Bonchev–Trinajstić information content (AvgIpc) is 2.94. The minimum atomic E-state index is -1.06. The molecule has 0 fully saturated rings. The van der Waals surface area contributed by atoms with Crippen LogP contribution in [0.2, 0.25) is 0 Å². The van der Waals surface area contributed by atoms with Crippen molar-refractivity contribution in [2.75, 3.05) is 22.5 Å². The van der Waals surface area contributed by atoms with Gasteiger partial charge in [-0.25, -0.2) is 14.6 Å². The first-order chi connectivity index (χ1) is 12.1. The Hall–Kier alpha value is -2.81. The molecule has 0 saturated heterocycles. The summed E-state index contributed by atoms with van der Waals surface area (Å²) in [5.41, 5.74) is 6.82. The molecule has 2 rings (SSSR count). The van der Waals surface area contributed by atoms with E-state index in [1.54, 1.807) is 50.4 Å². The highest BCUT2D eigenvalue weighted by atomic mass is 32.1. The van der Waals surface area contributed by atoms with E-state index in [9.17, 15) is 14.7 Å². The minimum Gasteiger partial charge on any atom is -0.465 e. The Morgan fingerprint density at radius 3 is 2.54 bits per heavy atom. The van der Waals surface area contributed by atoms with Crippen LogP contribution in [0.5, 0.6) is 0 Å². The molecule has 0 atom stereocenters. The third-order valence-corrected chi connectivity index (χ3v) is 3.99. The number of ether oxygens (including phenoxy) is 1. The molecule has 0 unspecified atom stereocenters. The second-order valence-electron chi connectivity index (χ2n) is 6.55. The lowest BCUT2D eigenvalue weighted by Crippen LogP contribution is -2.31. The predicted octanol–water partition coefficient (Wildman–Crippen LogP) is 3.80. The molecule has 1 aromatic heterocycles. The van der Waals surface area contributed by atoms with E-state index < -0.39 is 17.8 Å². The molecule has 2 amide bonds. The van der Waals surface area contributed by atoms with Crippen LogP contribution in [-0.2, 0) is 11.2 Å². The van der Waals surface area contributed by atoms with Gasteiger partial charge in [-0.2, -0.15) is 0 Å². The summed E-state index contributed by atoms with van der Waals surface area (Å²) in [5, 5.41) is 14.2. The highest BCUT2D eigenvalue weighted by Crippen LogP contribution is 2.20. The van der Waals surface area contributed by atoms with Gasteiger partial charge in [0.25, 0.3) is 0 Å². The van der Waals surface area contributed by atoms with Crippen molar-refractivity contribution in [1.82, 2.24) is 4.98 Å². The van der Waals surface area contributed by atoms with E-state index in [0.717, 1.165) is 0 Å². The molecule has 1 aromatic carbocycles. The number of hydrogen-bond acceptors (Lipinski definition) is 6. The van der Waals surface area contributed by atoms with E-state index in [0.29, 0.717) is 28.6 Å².